The number of ether oxygens (including phenoxy) is 2. The Morgan fingerprint density at radius 3 is 2.26 bits per heavy atom. The standard InChI is InChI=1S/C26H23N3O4S/c1-31-19-13-14-20(23(15-19)32-2)25-27-28-26(33-25)34-16-24(30)29-21-9-5-3-7-17(21)11-12-18-8-4-6-10-22(18)29/h3-10,13-15H,11-12,16H2,1-2H3. The molecule has 0 saturated heterocycles. The van der Waals surface area contributed by atoms with Gasteiger partial charge in [-0.25, -0.2) is 0 Å². The van der Waals surface area contributed by atoms with Gasteiger partial charge in [-0.05, 0) is 48.2 Å². The molecule has 0 spiro atoms. The van der Waals surface area contributed by atoms with Crippen LogP contribution < -0.4 is 14.4 Å². The normalized spacial score (nSPS) is 12.5. The fourth-order valence-electron chi connectivity index (χ4n) is 4.09. The zero-order valence-corrected chi connectivity index (χ0v) is 19.7. The molecule has 1 aliphatic rings. The van der Waals surface area contributed by atoms with Gasteiger partial charge in [0.15, 0.2) is 0 Å². The number of aryl methyl sites for hydroxylation is 2. The monoisotopic (exact) mass is 473 g/mol. The molecule has 1 amide bonds. The Balaban J connectivity index is 1.38. The van der Waals surface area contributed by atoms with Gasteiger partial charge in [-0.2, -0.15) is 0 Å². The summed E-state index contributed by atoms with van der Waals surface area (Å²) >= 11 is 1.22. The summed E-state index contributed by atoms with van der Waals surface area (Å²) in [5, 5.41) is 8.59. The predicted octanol–water partition coefficient (Wildman–Crippen LogP) is 5.31. The van der Waals surface area contributed by atoms with E-state index >= 15 is 0 Å². The second-order valence-corrected chi connectivity index (χ2v) is 8.64. The molecule has 0 atom stereocenters. The Kier molecular flexibility index (Phi) is 6.22. The molecule has 0 bridgehead atoms. The molecule has 0 saturated carbocycles. The van der Waals surface area contributed by atoms with Gasteiger partial charge >= 0.3 is 0 Å². The second-order valence-electron chi connectivity index (χ2n) is 7.71. The maximum absolute atomic E-state index is 13.5. The number of amides is 1. The first-order valence-corrected chi connectivity index (χ1v) is 11.8. The Hall–Kier alpha value is -3.78. The summed E-state index contributed by atoms with van der Waals surface area (Å²) < 4.78 is 16.5. The molecule has 0 aliphatic carbocycles. The fraction of sp³-hybridized carbons (Fsp3) is 0.192. The third-order valence-electron chi connectivity index (χ3n) is 5.74. The largest absolute Gasteiger partial charge is 0.497 e. The van der Waals surface area contributed by atoms with Gasteiger partial charge in [-0.1, -0.05) is 48.2 Å². The fourth-order valence-corrected chi connectivity index (χ4v) is 4.70. The van der Waals surface area contributed by atoms with E-state index in [2.05, 4.69) is 22.3 Å². The van der Waals surface area contributed by atoms with E-state index < -0.39 is 0 Å². The van der Waals surface area contributed by atoms with Crippen LogP contribution in [0.5, 0.6) is 11.5 Å². The smallest absolute Gasteiger partial charge is 0.277 e. The van der Waals surface area contributed by atoms with Crippen molar-refractivity contribution in [1.82, 2.24) is 10.2 Å². The Bertz CT molecular complexity index is 1290. The lowest BCUT2D eigenvalue weighted by Crippen LogP contribution is -2.28. The molecule has 0 N–H and O–H groups in total. The quantitative estimate of drug-likeness (QED) is 0.351. The summed E-state index contributed by atoms with van der Waals surface area (Å²) in [7, 11) is 3.16. The maximum Gasteiger partial charge on any atom is 0.277 e. The van der Waals surface area contributed by atoms with Crippen molar-refractivity contribution in [3.8, 4) is 23.0 Å². The molecule has 0 radical (unpaired) electrons. The van der Waals surface area contributed by atoms with Crippen LogP contribution in [0.1, 0.15) is 11.1 Å². The van der Waals surface area contributed by atoms with Gasteiger partial charge in [0, 0.05) is 6.07 Å². The topological polar surface area (TPSA) is 77.7 Å². The number of thioether (sulfide) groups is 1. The van der Waals surface area contributed by atoms with Gasteiger partial charge in [-0.15, -0.1) is 10.2 Å². The minimum absolute atomic E-state index is 0.0476. The molecule has 34 heavy (non-hydrogen) atoms. The van der Waals surface area contributed by atoms with E-state index in [9.17, 15) is 4.79 Å². The summed E-state index contributed by atoms with van der Waals surface area (Å²) in [5.41, 5.74) is 4.82. The molecule has 172 valence electrons. The van der Waals surface area contributed by atoms with E-state index in [1.54, 1.807) is 32.4 Å². The highest BCUT2D eigenvalue weighted by atomic mass is 32.2. The predicted molar refractivity (Wildman–Crippen MR) is 131 cm³/mol. The summed E-state index contributed by atoms with van der Waals surface area (Å²) in [6.45, 7) is 0. The lowest BCUT2D eigenvalue weighted by atomic mass is 10.0. The average molecular weight is 474 g/mol. The van der Waals surface area contributed by atoms with Crippen molar-refractivity contribution in [1.29, 1.82) is 0 Å². The lowest BCUT2D eigenvalue weighted by Gasteiger charge is -2.24. The lowest BCUT2D eigenvalue weighted by molar-refractivity contribution is -0.115. The van der Waals surface area contributed by atoms with Gasteiger partial charge in [0.25, 0.3) is 11.1 Å². The molecule has 7 nitrogen and oxygen atoms in total. The molecule has 8 heteroatoms. The van der Waals surface area contributed by atoms with Gasteiger partial charge in [0.1, 0.15) is 11.5 Å². The second kappa shape index (κ2) is 9.61. The van der Waals surface area contributed by atoms with E-state index in [1.807, 2.05) is 41.3 Å². The minimum atomic E-state index is -0.0476. The molecule has 4 aromatic rings. The first-order valence-electron chi connectivity index (χ1n) is 10.9. The first-order chi connectivity index (χ1) is 16.7. The first kappa shape index (κ1) is 22.0. The van der Waals surface area contributed by atoms with Gasteiger partial charge in [0.05, 0.1) is 36.9 Å². The summed E-state index contributed by atoms with van der Waals surface area (Å²) in [6, 6.07) is 21.5. The molecule has 1 aliphatic heterocycles. The Labute approximate surface area is 201 Å². The Morgan fingerprint density at radius 2 is 1.62 bits per heavy atom. The van der Waals surface area contributed by atoms with Crippen LogP contribution in [0.15, 0.2) is 76.4 Å². The van der Waals surface area contributed by atoms with E-state index in [-0.39, 0.29) is 11.7 Å². The van der Waals surface area contributed by atoms with Crippen LogP contribution in [-0.2, 0) is 17.6 Å². The number of methoxy groups -OCH3 is 2. The SMILES string of the molecule is COc1ccc(-c2nnc(SCC(=O)N3c4ccccc4CCc4ccccc43)o2)c(OC)c1. The molecule has 5 rings (SSSR count). The van der Waals surface area contributed by atoms with Crippen LogP contribution in [0.4, 0.5) is 11.4 Å². The summed E-state index contributed by atoms with van der Waals surface area (Å²) in [4.78, 5) is 15.3. The van der Waals surface area contributed by atoms with Crippen molar-refractivity contribution >= 4 is 29.0 Å². The minimum Gasteiger partial charge on any atom is -0.497 e. The van der Waals surface area contributed by atoms with Gasteiger partial charge in [0.2, 0.25) is 5.91 Å². The zero-order chi connectivity index (χ0) is 23.5. The molecular formula is C26H23N3O4S. The van der Waals surface area contributed by atoms with Crippen LogP contribution in [0.3, 0.4) is 0 Å². The molecule has 2 heterocycles. The highest BCUT2D eigenvalue weighted by molar-refractivity contribution is 7.99. The molecule has 0 unspecified atom stereocenters. The third-order valence-corrected chi connectivity index (χ3v) is 6.55. The number of carbonyl (C=O) groups excluding carboxylic acids is 1. The zero-order valence-electron chi connectivity index (χ0n) is 18.9. The number of hydrogen-bond acceptors (Lipinski definition) is 7. The number of anilines is 2. The number of para-hydroxylation sites is 2. The number of nitrogens with zero attached hydrogens (tertiary/aromatic N) is 3. The molecule has 0 fully saturated rings. The maximum atomic E-state index is 13.5. The van der Waals surface area contributed by atoms with E-state index in [1.165, 1.54) is 11.8 Å². The van der Waals surface area contributed by atoms with Gasteiger partial charge < -0.3 is 13.9 Å². The molecular weight excluding hydrogens is 450 g/mol. The number of benzene rings is 3. The van der Waals surface area contributed by atoms with Crippen LogP contribution in [0.2, 0.25) is 0 Å². The van der Waals surface area contributed by atoms with Crippen LogP contribution in [0.25, 0.3) is 11.5 Å². The highest BCUT2D eigenvalue weighted by Crippen LogP contribution is 2.37. The van der Waals surface area contributed by atoms with Crippen molar-refractivity contribution in [3.05, 3.63) is 77.9 Å². The number of carbonyl (C=O) groups is 1. The third kappa shape index (κ3) is 4.24. The summed E-state index contributed by atoms with van der Waals surface area (Å²) in [6.07, 6.45) is 1.78. The highest BCUT2D eigenvalue weighted by Gasteiger charge is 2.26. The van der Waals surface area contributed by atoms with E-state index in [0.29, 0.717) is 28.2 Å². The van der Waals surface area contributed by atoms with E-state index in [0.717, 1.165) is 35.3 Å². The Morgan fingerprint density at radius 1 is 0.941 bits per heavy atom. The average Bonchev–Trinajstić information content (AvgIpc) is 3.29. The van der Waals surface area contributed by atoms with Crippen LogP contribution in [-0.4, -0.2) is 36.1 Å². The number of hydrogen-bond donors (Lipinski definition) is 0. The number of fused-ring (bicyclic) bond motifs is 2. The van der Waals surface area contributed by atoms with E-state index in [4.69, 9.17) is 13.9 Å². The number of aromatic nitrogens is 2. The van der Waals surface area contributed by atoms with Gasteiger partial charge in [-0.3, -0.25) is 9.69 Å². The van der Waals surface area contributed by atoms with Crippen molar-refractivity contribution in [2.24, 2.45) is 0 Å². The number of rotatable bonds is 6. The van der Waals surface area contributed by atoms with Crippen molar-refractivity contribution in [3.63, 3.8) is 0 Å². The van der Waals surface area contributed by atoms with Crippen molar-refractivity contribution in [2.45, 2.75) is 18.1 Å². The van der Waals surface area contributed by atoms with Crippen LogP contribution in [0, 0.1) is 0 Å². The van der Waals surface area contributed by atoms with Crippen molar-refractivity contribution in [2.75, 3.05) is 24.9 Å². The molecule has 1 aromatic heterocycles. The summed E-state index contributed by atoms with van der Waals surface area (Å²) in [5.74, 6) is 1.66. The van der Waals surface area contributed by atoms with Crippen LogP contribution >= 0.6 is 11.8 Å². The van der Waals surface area contributed by atoms with Crippen molar-refractivity contribution < 1.29 is 18.7 Å². The molecule has 3 aromatic carbocycles.